The number of nitrogens with zero attached hydrogens (tertiary/aromatic N) is 5. The Morgan fingerprint density at radius 2 is 1.75 bits per heavy atom. The number of fused-ring (bicyclic) bond motifs is 1. The minimum absolute atomic E-state index is 0.0133. The van der Waals surface area contributed by atoms with Crippen LogP contribution in [0.15, 0.2) is 23.0 Å². The van der Waals surface area contributed by atoms with E-state index >= 15 is 0 Å². The molecule has 0 radical (unpaired) electrons. The summed E-state index contributed by atoms with van der Waals surface area (Å²) in [6, 6.07) is 7.24. The molecule has 5 rings (SSSR count). The lowest BCUT2D eigenvalue weighted by Gasteiger charge is -2.29. The van der Waals surface area contributed by atoms with Gasteiger partial charge in [-0.05, 0) is 73.0 Å². The van der Waals surface area contributed by atoms with Crippen LogP contribution in [-0.2, 0) is 13.1 Å². The number of nitrogens with one attached hydrogen (secondary N) is 1. The van der Waals surface area contributed by atoms with Crippen molar-refractivity contribution in [3.63, 3.8) is 0 Å². The van der Waals surface area contributed by atoms with Crippen LogP contribution in [0.4, 0.5) is 0 Å². The molecule has 0 aliphatic heterocycles. The number of hydrogen-bond donors (Lipinski definition) is 1. The third-order valence-corrected chi connectivity index (χ3v) is 7.41. The number of benzene rings is 1. The number of aryl methyl sites for hydroxylation is 2. The second-order valence-electron chi connectivity index (χ2n) is 9.84. The van der Waals surface area contributed by atoms with Gasteiger partial charge in [0.2, 0.25) is 0 Å². The summed E-state index contributed by atoms with van der Waals surface area (Å²) >= 11 is 0. The van der Waals surface area contributed by atoms with Crippen molar-refractivity contribution in [3.05, 3.63) is 51.1 Å². The number of tetrazole rings is 1. The Labute approximate surface area is 189 Å². The fraction of sp³-hybridized carbons (Fsp3) is 0.600. The summed E-state index contributed by atoms with van der Waals surface area (Å²) in [4.78, 5) is 18.6. The first kappa shape index (κ1) is 21.3. The van der Waals surface area contributed by atoms with Gasteiger partial charge in [0.1, 0.15) is 0 Å². The Morgan fingerprint density at radius 3 is 2.53 bits per heavy atom. The molecule has 0 saturated heterocycles. The Kier molecular flexibility index (Phi) is 6.09. The number of H-pyrrole nitrogens is 1. The standard InChI is InChI=1S/C25H34N6O/c1-17-12-18(2)24-19(13-17)14-20(25(32)26-24)15-30(21-8-6-7-9-21)16-23-27-28-29-31(23)22-10-4-3-5-11-22/h12-14,21-22H,3-11,15-16H2,1-2H3,(H,26,32). The normalized spacial score (nSPS) is 18.2. The van der Waals surface area contributed by atoms with E-state index in [1.165, 1.54) is 50.5 Å². The third-order valence-electron chi connectivity index (χ3n) is 7.41. The highest BCUT2D eigenvalue weighted by atomic mass is 16.1. The van der Waals surface area contributed by atoms with E-state index in [1.807, 2.05) is 0 Å². The van der Waals surface area contributed by atoms with Gasteiger partial charge in [0.05, 0.1) is 18.1 Å². The molecule has 1 aromatic carbocycles. The molecule has 1 N–H and O–H groups in total. The molecule has 2 saturated carbocycles. The summed E-state index contributed by atoms with van der Waals surface area (Å²) in [5.74, 6) is 0.938. The molecule has 0 amide bonds. The Morgan fingerprint density at radius 1 is 1.00 bits per heavy atom. The highest BCUT2D eigenvalue weighted by Crippen LogP contribution is 2.30. The predicted octanol–water partition coefficient (Wildman–Crippen LogP) is 4.58. The van der Waals surface area contributed by atoms with Gasteiger partial charge in [-0.25, -0.2) is 4.68 Å². The van der Waals surface area contributed by atoms with Crippen molar-refractivity contribution >= 4 is 10.9 Å². The number of rotatable bonds is 6. The molecule has 0 spiro atoms. The van der Waals surface area contributed by atoms with Gasteiger partial charge in [0.15, 0.2) is 5.82 Å². The Balaban J connectivity index is 1.44. The number of aromatic nitrogens is 5. The van der Waals surface area contributed by atoms with Crippen LogP contribution in [0.5, 0.6) is 0 Å². The number of pyridine rings is 1. The first-order valence-electron chi connectivity index (χ1n) is 12.2. The van der Waals surface area contributed by atoms with Gasteiger partial charge in [-0.15, -0.1) is 5.10 Å². The van der Waals surface area contributed by atoms with E-state index in [2.05, 4.69) is 62.1 Å². The van der Waals surface area contributed by atoms with Crippen LogP contribution in [0.3, 0.4) is 0 Å². The molecule has 0 bridgehead atoms. The second-order valence-corrected chi connectivity index (χ2v) is 9.84. The van der Waals surface area contributed by atoms with Gasteiger partial charge in [-0.2, -0.15) is 0 Å². The Bertz CT molecular complexity index is 1140. The van der Waals surface area contributed by atoms with Crippen molar-refractivity contribution in [2.75, 3.05) is 0 Å². The van der Waals surface area contributed by atoms with Crippen molar-refractivity contribution in [1.29, 1.82) is 0 Å². The van der Waals surface area contributed by atoms with E-state index in [1.54, 1.807) is 0 Å². The van der Waals surface area contributed by atoms with Crippen LogP contribution in [0.1, 0.15) is 86.3 Å². The molecular formula is C25H34N6O. The highest BCUT2D eigenvalue weighted by Gasteiger charge is 2.27. The molecule has 32 heavy (non-hydrogen) atoms. The van der Waals surface area contributed by atoms with E-state index in [9.17, 15) is 4.79 Å². The van der Waals surface area contributed by atoms with Gasteiger partial charge in [0.25, 0.3) is 5.56 Å². The summed E-state index contributed by atoms with van der Waals surface area (Å²) in [6.07, 6.45) is 11.0. The van der Waals surface area contributed by atoms with Crippen molar-refractivity contribution < 1.29 is 0 Å². The maximum absolute atomic E-state index is 13.0. The van der Waals surface area contributed by atoms with E-state index in [4.69, 9.17) is 0 Å². The van der Waals surface area contributed by atoms with E-state index in [-0.39, 0.29) is 5.56 Å². The number of aromatic amines is 1. The predicted molar refractivity (Wildman–Crippen MR) is 125 cm³/mol. The molecule has 7 heteroatoms. The van der Waals surface area contributed by atoms with Crippen LogP contribution in [0, 0.1) is 13.8 Å². The lowest BCUT2D eigenvalue weighted by Crippen LogP contribution is -2.35. The molecule has 2 fully saturated rings. The smallest absolute Gasteiger partial charge is 0.252 e. The van der Waals surface area contributed by atoms with Gasteiger partial charge in [0, 0.05) is 18.2 Å². The van der Waals surface area contributed by atoms with Gasteiger partial charge >= 0.3 is 0 Å². The lowest BCUT2D eigenvalue weighted by atomic mass is 9.95. The fourth-order valence-electron chi connectivity index (χ4n) is 5.76. The van der Waals surface area contributed by atoms with Crippen LogP contribution in [-0.4, -0.2) is 36.1 Å². The summed E-state index contributed by atoms with van der Waals surface area (Å²) in [6.45, 7) is 5.48. The van der Waals surface area contributed by atoms with Gasteiger partial charge < -0.3 is 4.98 Å². The molecule has 0 unspecified atom stereocenters. The average molecular weight is 435 g/mol. The molecular weight excluding hydrogens is 400 g/mol. The van der Waals surface area contributed by atoms with Crippen molar-refractivity contribution in [2.45, 2.75) is 96.8 Å². The minimum Gasteiger partial charge on any atom is -0.321 e. The molecule has 170 valence electrons. The van der Waals surface area contributed by atoms with E-state index in [0.717, 1.165) is 40.7 Å². The summed E-state index contributed by atoms with van der Waals surface area (Å²) in [5, 5.41) is 13.9. The maximum atomic E-state index is 13.0. The van der Waals surface area contributed by atoms with Crippen LogP contribution in [0.2, 0.25) is 0 Å². The second kappa shape index (κ2) is 9.14. The largest absolute Gasteiger partial charge is 0.321 e. The Hall–Kier alpha value is -2.54. The first-order valence-corrected chi connectivity index (χ1v) is 12.2. The summed E-state index contributed by atoms with van der Waals surface area (Å²) < 4.78 is 2.07. The summed E-state index contributed by atoms with van der Waals surface area (Å²) in [5.41, 5.74) is 4.11. The minimum atomic E-state index is 0.0133. The monoisotopic (exact) mass is 434 g/mol. The lowest BCUT2D eigenvalue weighted by molar-refractivity contribution is 0.168. The van der Waals surface area contributed by atoms with Crippen LogP contribution >= 0.6 is 0 Å². The molecule has 2 aromatic heterocycles. The third kappa shape index (κ3) is 4.35. The van der Waals surface area contributed by atoms with Crippen molar-refractivity contribution in [1.82, 2.24) is 30.1 Å². The molecule has 7 nitrogen and oxygen atoms in total. The van der Waals surface area contributed by atoms with Gasteiger partial charge in [-0.3, -0.25) is 9.69 Å². The van der Waals surface area contributed by atoms with Crippen molar-refractivity contribution in [2.24, 2.45) is 0 Å². The SMILES string of the molecule is Cc1cc(C)c2[nH]c(=O)c(CN(Cc3nnnn3C3CCCCC3)C3CCCC3)cc2c1. The zero-order chi connectivity index (χ0) is 22.1. The van der Waals surface area contributed by atoms with E-state index < -0.39 is 0 Å². The molecule has 2 aliphatic carbocycles. The molecule has 2 heterocycles. The molecule has 3 aromatic rings. The summed E-state index contributed by atoms with van der Waals surface area (Å²) in [7, 11) is 0. The van der Waals surface area contributed by atoms with Crippen LogP contribution < -0.4 is 5.56 Å². The quantitative estimate of drug-likeness (QED) is 0.614. The molecule has 2 aliphatic rings. The number of hydrogen-bond acceptors (Lipinski definition) is 5. The average Bonchev–Trinajstić information content (AvgIpc) is 3.47. The topological polar surface area (TPSA) is 79.7 Å². The fourth-order valence-corrected chi connectivity index (χ4v) is 5.76. The van der Waals surface area contributed by atoms with Crippen LogP contribution in [0.25, 0.3) is 10.9 Å². The van der Waals surface area contributed by atoms with Crippen molar-refractivity contribution in [3.8, 4) is 0 Å². The van der Waals surface area contributed by atoms with E-state index in [0.29, 0.717) is 25.2 Å². The maximum Gasteiger partial charge on any atom is 0.252 e. The zero-order valence-electron chi connectivity index (χ0n) is 19.3. The molecule has 0 atom stereocenters. The highest BCUT2D eigenvalue weighted by molar-refractivity contribution is 5.82. The zero-order valence-corrected chi connectivity index (χ0v) is 19.3. The first-order chi connectivity index (χ1) is 15.6. The van der Waals surface area contributed by atoms with Gasteiger partial charge in [-0.1, -0.05) is 43.7 Å².